The van der Waals surface area contributed by atoms with E-state index < -0.39 is 5.60 Å². The van der Waals surface area contributed by atoms with Crippen molar-refractivity contribution in [3.05, 3.63) is 47.3 Å². The number of aromatic nitrogens is 1. The van der Waals surface area contributed by atoms with E-state index in [-0.39, 0.29) is 6.09 Å². The largest absolute Gasteiger partial charge is 0.444 e. The van der Waals surface area contributed by atoms with E-state index in [1.165, 1.54) is 22.2 Å². The molecule has 1 fully saturated rings. The minimum absolute atomic E-state index is 0.217. The van der Waals surface area contributed by atoms with Crippen molar-refractivity contribution in [3.63, 3.8) is 0 Å². The molecular weight excluding hydrogens is 324 g/mol. The average Bonchev–Trinajstić information content (AvgIpc) is 2.91. The van der Waals surface area contributed by atoms with E-state index in [0.29, 0.717) is 13.1 Å². The van der Waals surface area contributed by atoms with E-state index in [9.17, 15) is 4.79 Å². The van der Waals surface area contributed by atoms with Gasteiger partial charge in [-0.05, 0) is 58.2 Å². The summed E-state index contributed by atoms with van der Waals surface area (Å²) in [7, 11) is 2.10. The topological polar surface area (TPSA) is 34.5 Å². The Hall–Kier alpha value is -2.45. The molecular formula is C22H28N2O2. The molecule has 2 aromatic rings. The number of nitrogens with zero attached hydrogens (tertiary/aromatic N) is 2. The third kappa shape index (κ3) is 4.03. The molecule has 1 saturated heterocycles. The zero-order valence-electron chi connectivity index (χ0n) is 16.4. The van der Waals surface area contributed by atoms with Gasteiger partial charge in [0, 0.05) is 36.6 Å². The van der Waals surface area contributed by atoms with Crippen molar-refractivity contribution in [3.8, 4) is 0 Å². The lowest BCUT2D eigenvalue weighted by molar-refractivity contribution is 0.0236. The number of para-hydroxylation sites is 1. The van der Waals surface area contributed by atoms with Crippen LogP contribution in [0, 0.1) is 0 Å². The van der Waals surface area contributed by atoms with Crippen molar-refractivity contribution in [2.45, 2.75) is 46.1 Å². The number of aryl methyl sites for hydroxylation is 1. The molecule has 0 spiro atoms. The first kappa shape index (κ1) is 18.3. The van der Waals surface area contributed by atoms with Crippen LogP contribution >= 0.6 is 0 Å². The zero-order chi connectivity index (χ0) is 18.9. The molecule has 1 amide bonds. The van der Waals surface area contributed by atoms with E-state index in [4.69, 9.17) is 4.74 Å². The average molecular weight is 352 g/mol. The van der Waals surface area contributed by atoms with Crippen molar-refractivity contribution < 1.29 is 9.53 Å². The molecule has 0 saturated carbocycles. The van der Waals surface area contributed by atoms with Gasteiger partial charge >= 0.3 is 6.09 Å². The molecule has 2 heterocycles. The van der Waals surface area contributed by atoms with Crippen LogP contribution in [0.2, 0.25) is 0 Å². The highest BCUT2D eigenvalue weighted by molar-refractivity contribution is 5.85. The van der Waals surface area contributed by atoms with E-state index in [1.54, 1.807) is 4.90 Å². The van der Waals surface area contributed by atoms with Gasteiger partial charge in [-0.3, -0.25) is 0 Å². The Bertz CT molecular complexity index is 882. The van der Waals surface area contributed by atoms with E-state index in [1.807, 2.05) is 20.8 Å². The lowest BCUT2D eigenvalue weighted by Gasteiger charge is -2.30. The number of hydrogen-bond acceptors (Lipinski definition) is 2. The fourth-order valence-corrected chi connectivity index (χ4v) is 3.39. The summed E-state index contributed by atoms with van der Waals surface area (Å²) in [6, 6.07) is 10.6. The molecule has 138 valence electrons. The lowest BCUT2D eigenvalue weighted by Crippen LogP contribution is -2.40. The van der Waals surface area contributed by atoms with Crippen LogP contribution in [0.5, 0.6) is 0 Å². The third-order valence-electron chi connectivity index (χ3n) is 4.72. The van der Waals surface area contributed by atoms with Crippen molar-refractivity contribution >= 4 is 22.6 Å². The van der Waals surface area contributed by atoms with Crippen molar-refractivity contribution in [2.24, 2.45) is 7.05 Å². The summed E-state index contributed by atoms with van der Waals surface area (Å²) in [6.45, 7) is 9.20. The van der Waals surface area contributed by atoms with Gasteiger partial charge in [0.1, 0.15) is 5.60 Å². The highest BCUT2D eigenvalue weighted by atomic mass is 16.6. The van der Waals surface area contributed by atoms with Gasteiger partial charge in [0.25, 0.3) is 0 Å². The molecule has 0 unspecified atom stereocenters. The van der Waals surface area contributed by atoms with Gasteiger partial charge in [-0.15, -0.1) is 5.73 Å². The summed E-state index contributed by atoms with van der Waals surface area (Å²) >= 11 is 0. The number of ether oxygens (including phenoxy) is 1. The molecule has 1 aromatic carbocycles. The van der Waals surface area contributed by atoms with Gasteiger partial charge in [-0.1, -0.05) is 18.2 Å². The summed E-state index contributed by atoms with van der Waals surface area (Å²) in [5, 5.41) is 1.25. The van der Waals surface area contributed by atoms with Crippen LogP contribution in [0.4, 0.5) is 4.79 Å². The van der Waals surface area contributed by atoms with E-state index in [2.05, 4.69) is 54.6 Å². The second-order valence-corrected chi connectivity index (χ2v) is 7.97. The molecule has 4 nitrogen and oxygen atoms in total. The van der Waals surface area contributed by atoms with Gasteiger partial charge in [-0.25, -0.2) is 4.79 Å². The summed E-state index contributed by atoms with van der Waals surface area (Å²) in [5.41, 5.74) is 7.96. The number of rotatable bonds is 1. The Morgan fingerprint density at radius 3 is 2.42 bits per heavy atom. The van der Waals surface area contributed by atoms with E-state index >= 15 is 0 Å². The van der Waals surface area contributed by atoms with Crippen LogP contribution < -0.4 is 0 Å². The number of carbonyl (C=O) groups excluding carboxylic acids is 1. The molecule has 1 aliphatic rings. The number of hydrogen-bond donors (Lipinski definition) is 0. The van der Waals surface area contributed by atoms with Crippen LogP contribution in [0.1, 0.15) is 46.2 Å². The third-order valence-corrected chi connectivity index (χ3v) is 4.72. The Balaban J connectivity index is 1.76. The number of likely N-dealkylation sites (tertiary alicyclic amines) is 1. The molecule has 0 atom stereocenters. The van der Waals surface area contributed by atoms with Crippen molar-refractivity contribution in [1.29, 1.82) is 0 Å². The lowest BCUT2D eigenvalue weighted by atomic mass is 10.0. The maximum absolute atomic E-state index is 12.2. The number of amides is 1. The minimum Gasteiger partial charge on any atom is -0.444 e. The fourth-order valence-electron chi connectivity index (χ4n) is 3.39. The quantitative estimate of drug-likeness (QED) is 0.666. The zero-order valence-corrected chi connectivity index (χ0v) is 16.4. The molecule has 0 N–H and O–H groups in total. The van der Waals surface area contributed by atoms with Crippen molar-refractivity contribution in [2.75, 3.05) is 13.1 Å². The second-order valence-electron chi connectivity index (χ2n) is 7.97. The van der Waals surface area contributed by atoms with Crippen LogP contribution in [0.25, 0.3) is 16.5 Å². The maximum atomic E-state index is 12.2. The van der Waals surface area contributed by atoms with Gasteiger partial charge < -0.3 is 14.2 Å². The fraction of sp³-hybridized carbons (Fsp3) is 0.455. The highest BCUT2D eigenvalue weighted by Gasteiger charge is 2.24. The number of piperidine rings is 1. The first-order valence-electron chi connectivity index (χ1n) is 9.22. The smallest absolute Gasteiger partial charge is 0.410 e. The molecule has 0 aliphatic carbocycles. The van der Waals surface area contributed by atoms with Gasteiger partial charge in [0.15, 0.2) is 0 Å². The predicted molar refractivity (Wildman–Crippen MR) is 106 cm³/mol. The first-order chi connectivity index (χ1) is 12.2. The standard InChI is InChI=1S/C22H28N2O2/c1-16(20-15-18-8-6-7-9-19(18)23(20)5)14-17-10-12-24(13-11-17)21(25)26-22(2,3)4/h6-9,15H,10-13H2,1-5H3. The van der Waals surface area contributed by atoms with Gasteiger partial charge in [0.2, 0.25) is 0 Å². The maximum Gasteiger partial charge on any atom is 0.410 e. The van der Waals surface area contributed by atoms with Crippen LogP contribution in [0.3, 0.4) is 0 Å². The van der Waals surface area contributed by atoms with Crippen LogP contribution in [-0.4, -0.2) is 34.3 Å². The molecule has 0 radical (unpaired) electrons. The predicted octanol–water partition coefficient (Wildman–Crippen LogP) is 5.14. The number of fused-ring (bicyclic) bond motifs is 1. The Kier molecular flexibility index (Phi) is 4.97. The number of benzene rings is 1. The van der Waals surface area contributed by atoms with Gasteiger partial charge in [0.05, 0.1) is 5.69 Å². The first-order valence-corrected chi connectivity index (χ1v) is 9.22. The minimum atomic E-state index is -0.446. The van der Waals surface area contributed by atoms with Gasteiger partial charge in [-0.2, -0.15) is 0 Å². The highest BCUT2D eigenvalue weighted by Crippen LogP contribution is 2.25. The molecule has 1 aliphatic heterocycles. The SMILES string of the molecule is CC(=C=C1CCN(C(=O)OC(C)(C)C)CC1)c1cc2ccccc2n1C. The Morgan fingerprint density at radius 1 is 1.15 bits per heavy atom. The molecule has 1 aromatic heterocycles. The van der Waals surface area contributed by atoms with Crippen LogP contribution in [0.15, 0.2) is 41.6 Å². The normalized spacial score (nSPS) is 15.1. The summed E-state index contributed by atoms with van der Waals surface area (Å²) in [4.78, 5) is 14.0. The Morgan fingerprint density at radius 2 is 1.81 bits per heavy atom. The summed E-state index contributed by atoms with van der Waals surface area (Å²) < 4.78 is 7.68. The molecule has 26 heavy (non-hydrogen) atoms. The molecule has 3 rings (SSSR count). The molecule has 0 bridgehead atoms. The summed E-state index contributed by atoms with van der Waals surface area (Å²) in [6.07, 6.45) is 1.48. The number of carbonyl (C=O) groups is 1. The monoisotopic (exact) mass is 352 g/mol. The van der Waals surface area contributed by atoms with Crippen molar-refractivity contribution in [1.82, 2.24) is 9.47 Å². The second kappa shape index (κ2) is 7.05. The molecule has 4 heteroatoms. The van der Waals surface area contributed by atoms with Crippen LogP contribution in [-0.2, 0) is 11.8 Å². The summed E-state index contributed by atoms with van der Waals surface area (Å²) in [5.74, 6) is 0. The Labute approximate surface area is 155 Å². The van der Waals surface area contributed by atoms with E-state index in [0.717, 1.165) is 18.4 Å².